The zero-order chi connectivity index (χ0) is 14.1. The number of hydrogen-bond donors (Lipinski definition) is 1. The minimum Gasteiger partial charge on any atom is -0.339 e. The molecule has 1 N–H and O–H groups in total. The Hall–Kier alpha value is -2.47. The second-order valence-electron chi connectivity index (χ2n) is 4.15. The average Bonchev–Trinajstić information content (AvgIpc) is 2.84. The highest BCUT2D eigenvalue weighted by atomic mass is 35.5. The molecule has 1 aromatic carbocycles. The highest BCUT2D eigenvalue weighted by molar-refractivity contribution is 6.28. The van der Waals surface area contributed by atoms with Gasteiger partial charge in [-0.15, -0.1) is 0 Å². The normalized spacial score (nSPS) is 10.7. The average molecular weight is 288 g/mol. The van der Waals surface area contributed by atoms with E-state index in [0.29, 0.717) is 5.82 Å². The maximum absolute atomic E-state index is 11.5. The van der Waals surface area contributed by atoms with E-state index in [0.717, 1.165) is 16.6 Å². The fourth-order valence-electron chi connectivity index (χ4n) is 1.95. The fourth-order valence-corrected chi connectivity index (χ4v) is 2.10. The molecule has 0 radical (unpaired) electrons. The molecule has 0 fully saturated rings. The lowest BCUT2D eigenvalue weighted by Gasteiger charge is -2.06. The summed E-state index contributed by atoms with van der Waals surface area (Å²) in [6.45, 7) is 1.47. The molecular formula is C13H10ClN5O. The van der Waals surface area contributed by atoms with Gasteiger partial charge in [-0.1, -0.05) is 6.07 Å². The van der Waals surface area contributed by atoms with Crippen LogP contribution in [0.4, 0.5) is 11.5 Å². The molecule has 0 amide bonds. The maximum Gasteiger partial charge on any atom is 0.244 e. The van der Waals surface area contributed by atoms with Crippen molar-refractivity contribution >= 4 is 39.9 Å². The van der Waals surface area contributed by atoms with Gasteiger partial charge in [-0.05, 0) is 29.8 Å². The summed E-state index contributed by atoms with van der Waals surface area (Å²) in [5, 5.41) is 8.22. The van der Waals surface area contributed by atoms with Crippen LogP contribution in [0, 0.1) is 0 Å². The Morgan fingerprint density at radius 3 is 2.95 bits per heavy atom. The summed E-state index contributed by atoms with van der Waals surface area (Å²) in [5.41, 5.74) is 1.53. The zero-order valence-electron chi connectivity index (χ0n) is 10.5. The number of aromatic nitrogens is 4. The predicted molar refractivity (Wildman–Crippen MR) is 76.4 cm³/mol. The molecule has 0 unspecified atom stereocenters. The molecule has 3 rings (SSSR count). The van der Waals surface area contributed by atoms with E-state index in [1.165, 1.54) is 11.6 Å². The summed E-state index contributed by atoms with van der Waals surface area (Å²) in [5.74, 6) is 0.440. The number of nitrogens with one attached hydrogen (secondary N) is 1. The van der Waals surface area contributed by atoms with Crippen LogP contribution in [0.1, 0.15) is 11.7 Å². The molecule has 0 bridgehead atoms. The van der Waals surface area contributed by atoms with Gasteiger partial charge in [0, 0.05) is 18.5 Å². The van der Waals surface area contributed by atoms with Gasteiger partial charge in [0.05, 0.1) is 17.4 Å². The molecule has 2 heterocycles. The Kier molecular flexibility index (Phi) is 3.08. The van der Waals surface area contributed by atoms with Gasteiger partial charge in [-0.25, -0.2) is 14.6 Å². The van der Waals surface area contributed by atoms with Crippen LogP contribution < -0.4 is 5.32 Å². The third-order valence-electron chi connectivity index (χ3n) is 2.80. The SMILES string of the molecule is CC(=O)n1ncc2c(Nc3ccnc(Cl)n3)cccc21. The van der Waals surface area contributed by atoms with Crippen molar-refractivity contribution in [1.29, 1.82) is 0 Å². The molecule has 6 nitrogen and oxygen atoms in total. The van der Waals surface area contributed by atoms with E-state index < -0.39 is 0 Å². The van der Waals surface area contributed by atoms with E-state index >= 15 is 0 Å². The lowest BCUT2D eigenvalue weighted by Crippen LogP contribution is -2.06. The molecular weight excluding hydrogens is 278 g/mol. The summed E-state index contributed by atoms with van der Waals surface area (Å²) in [7, 11) is 0. The quantitative estimate of drug-likeness (QED) is 0.734. The number of halogens is 1. The first-order chi connectivity index (χ1) is 9.65. The first-order valence-electron chi connectivity index (χ1n) is 5.88. The molecule has 2 aromatic heterocycles. The van der Waals surface area contributed by atoms with Crippen molar-refractivity contribution in [2.24, 2.45) is 0 Å². The Morgan fingerprint density at radius 2 is 2.20 bits per heavy atom. The van der Waals surface area contributed by atoms with Crippen molar-refractivity contribution in [3.05, 3.63) is 41.9 Å². The molecule has 100 valence electrons. The smallest absolute Gasteiger partial charge is 0.244 e. The van der Waals surface area contributed by atoms with Gasteiger partial charge in [-0.2, -0.15) is 5.10 Å². The molecule has 3 aromatic rings. The van der Waals surface area contributed by atoms with Gasteiger partial charge in [-0.3, -0.25) is 4.79 Å². The largest absolute Gasteiger partial charge is 0.339 e. The van der Waals surface area contributed by atoms with Gasteiger partial charge in [0.25, 0.3) is 0 Å². The number of carbonyl (C=O) groups excluding carboxylic acids is 1. The predicted octanol–water partition coefficient (Wildman–Crippen LogP) is 2.88. The maximum atomic E-state index is 11.5. The van der Waals surface area contributed by atoms with E-state index in [2.05, 4.69) is 20.4 Å². The van der Waals surface area contributed by atoms with E-state index in [9.17, 15) is 4.79 Å². The lowest BCUT2D eigenvalue weighted by molar-refractivity contribution is 0.0927. The second kappa shape index (κ2) is 4.90. The number of hydrogen-bond acceptors (Lipinski definition) is 5. The molecule has 0 saturated carbocycles. The van der Waals surface area contributed by atoms with Crippen LogP contribution in [-0.4, -0.2) is 25.7 Å². The number of nitrogens with zero attached hydrogens (tertiary/aromatic N) is 4. The molecule has 0 saturated heterocycles. The highest BCUT2D eigenvalue weighted by Crippen LogP contribution is 2.25. The first-order valence-corrected chi connectivity index (χ1v) is 6.26. The van der Waals surface area contributed by atoms with Gasteiger partial charge in [0.1, 0.15) is 5.82 Å². The van der Waals surface area contributed by atoms with Crippen molar-refractivity contribution in [1.82, 2.24) is 19.7 Å². The highest BCUT2D eigenvalue weighted by Gasteiger charge is 2.10. The van der Waals surface area contributed by atoms with E-state index in [1.807, 2.05) is 18.2 Å². The van der Waals surface area contributed by atoms with Gasteiger partial charge in [0.15, 0.2) is 0 Å². The topological polar surface area (TPSA) is 72.7 Å². The number of benzene rings is 1. The first kappa shape index (κ1) is 12.6. The molecule has 7 heteroatoms. The second-order valence-corrected chi connectivity index (χ2v) is 4.49. The van der Waals surface area contributed by atoms with E-state index in [4.69, 9.17) is 11.6 Å². The van der Waals surface area contributed by atoms with Crippen LogP contribution in [0.5, 0.6) is 0 Å². The summed E-state index contributed by atoms with van der Waals surface area (Å²) in [6.07, 6.45) is 3.21. The van der Waals surface area contributed by atoms with Gasteiger partial charge >= 0.3 is 0 Å². The number of carbonyl (C=O) groups is 1. The van der Waals surface area contributed by atoms with Crippen LogP contribution >= 0.6 is 11.6 Å². The van der Waals surface area contributed by atoms with Crippen molar-refractivity contribution < 1.29 is 4.79 Å². The molecule has 20 heavy (non-hydrogen) atoms. The van der Waals surface area contributed by atoms with E-state index in [1.54, 1.807) is 18.5 Å². The molecule has 0 aliphatic rings. The van der Waals surface area contributed by atoms with Gasteiger partial charge < -0.3 is 5.32 Å². The van der Waals surface area contributed by atoms with Crippen molar-refractivity contribution in [2.75, 3.05) is 5.32 Å². The van der Waals surface area contributed by atoms with Crippen molar-refractivity contribution in [2.45, 2.75) is 6.92 Å². The van der Waals surface area contributed by atoms with Crippen molar-refractivity contribution in [3.63, 3.8) is 0 Å². The molecule has 0 spiro atoms. The summed E-state index contributed by atoms with van der Waals surface area (Å²) < 4.78 is 1.35. The molecule has 0 atom stereocenters. The molecule has 0 aliphatic heterocycles. The third kappa shape index (κ3) is 2.21. The Morgan fingerprint density at radius 1 is 1.35 bits per heavy atom. The monoisotopic (exact) mass is 287 g/mol. The Labute approximate surface area is 119 Å². The van der Waals surface area contributed by atoms with Gasteiger partial charge in [0.2, 0.25) is 11.2 Å². The molecule has 0 aliphatic carbocycles. The summed E-state index contributed by atoms with van der Waals surface area (Å²) in [4.78, 5) is 19.4. The van der Waals surface area contributed by atoms with Crippen LogP contribution in [0.3, 0.4) is 0 Å². The standard InChI is InChI=1S/C13H10ClN5O/c1-8(20)19-11-4-2-3-10(9(11)7-16-19)17-12-5-6-15-13(14)18-12/h2-7H,1H3,(H,15,17,18). The van der Waals surface area contributed by atoms with Crippen LogP contribution in [0.2, 0.25) is 5.28 Å². The third-order valence-corrected chi connectivity index (χ3v) is 2.98. The fraction of sp³-hybridized carbons (Fsp3) is 0.0769. The Balaban J connectivity index is 2.06. The van der Waals surface area contributed by atoms with Crippen molar-refractivity contribution in [3.8, 4) is 0 Å². The zero-order valence-corrected chi connectivity index (χ0v) is 11.3. The number of anilines is 2. The number of fused-ring (bicyclic) bond motifs is 1. The number of rotatable bonds is 2. The van der Waals surface area contributed by atoms with Crippen LogP contribution in [0.25, 0.3) is 10.9 Å². The minimum absolute atomic E-state index is 0.137. The summed E-state index contributed by atoms with van der Waals surface area (Å²) in [6, 6.07) is 7.26. The minimum atomic E-state index is -0.137. The van der Waals surface area contributed by atoms with Crippen LogP contribution in [-0.2, 0) is 0 Å². The van der Waals surface area contributed by atoms with Crippen LogP contribution in [0.15, 0.2) is 36.7 Å². The van der Waals surface area contributed by atoms with E-state index in [-0.39, 0.29) is 11.2 Å². The Bertz CT molecular complexity index is 798. The lowest BCUT2D eigenvalue weighted by atomic mass is 10.2. The summed E-state index contributed by atoms with van der Waals surface area (Å²) >= 11 is 5.75.